The van der Waals surface area contributed by atoms with Crippen molar-refractivity contribution in [3.63, 3.8) is 0 Å². The Hall–Kier alpha value is -1.55. The number of aliphatic imine (C=N–C) groups is 1. The summed E-state index contributed by atoms with van der Waals surface area (Å²) < 4.78 is 10.9. The quantitative estimate of drug-likeness (QED) is 0.217. The van der Waals surface area contributed by atoms with Gasteiger partial charge in [-0.15, -0.1) is 24.0 Å². The van der Waals surface area contributed by atoms with Gasteiger partial charge in [0.15, 0.2) is 5.96 Å². The molecular weight excluding hydrogens is 473 g/mol. The summed E-state index contributed by atoms with van der Waals surface area (Å²) in [5, 5.41) is 16.5. The normalized spacial score (nSPS) is 12.8. The summed E-state index contributed by atoms with van der Waals surface area (Å²) in [6, 6.07) is 7.36. The first-order chi connectivity index (χ1) is 12.6. The van der Waals surface area contributed by atoms with Gasteiger partial charge in [-0.25, -0.2) is 4.99 Å². The van der Waals surface area contributed by atoms with Crippen molar-refractivity contribution in [3.05, 3.63) is 29.8 Å². The van der Waals surface area contributed by atoms with Gasteiger partial charge in [0.1, 0.15) is 17.9 Å². The van der Waals surface area contributed by atoms with E-state index >= 15 is 0 Å². The Balaban J connectivity index is 0.00000729. The van der Waals surface area contributed by atoms with E-state index in [9.17, 15) is 9.90 Å². The number of halogens is 1. The molecule has 0 heterocycles. The van der Waals surface area contributed by atoms with E-state index in [1.807, 2.05) is 65.8 Å². The lowest BCUT2D eigenvalue weighted by atomic mass is 10.1. The SMILES string of the molecule is CCNC(=NCC(=O)OC(C)(C)C)NCC(O)c1cccc(OC(C)C)c1.I. The van der Waals surface area contributed by atoms with E-state index in [4.69, 9.17) is 9.47 Å². The van der Waals surface area contributed by atoms with Crippen LogP contribution in [0.1, 0.15) is 53.2 Å². The molecule has 0 saturated heterocycles. The topological polar surface area (TPSA) is 92.2 Å². The predicted molar refractivity (Wildman–Crippen MR) is 122 cm³/mol. The molecule has 1 aromatic rings. The van der Waals surface area contributed by atoms with Gasteiger partial charge in [0, 0.05) is 13.1 Å². The third-order valence-corrected chi connectivity index (χ3v) is 3.21. The van der Waals surface area contributed by atoms with Gasteiger partial charge in [-0.05, 0) is 59.2 Å². The predicted octanol–water partition coefficient (Wildman–Crippen LogP) is 3.02. The number of hydrogen-bond donors (Lipinski definition) is 3. The van der Waals surface area contributed by atoms with Crippen LogP contribution in [0.2, 0.25) is 0 Å². The maximum atomic E-state index is 11.8. The summed E-state index contributed by atoms with van der Waals surface area (Å²) in [5.74, 6) is 0.753. The van der Waals surface area contributed by atoms with Crippen LogP contribution in [0.4, 0.5) is 0 Å². The fourth-order valence-corrected chi connectivity index (χ4v) is 2.24. The molecule has 8 heteroatoms. The first-order valence-corrected chi connectivity index (χ1v) is 9.29. The average molecular weight is 507 g/mol. The molecule has 1 rings (SSSR count). The molecule has 1 aromatic carbocycles. The molecule has 0 amide bonds. The molecular formula is C20H34IN3O4. The Kier molecular flexibility index (Phi) is 12.1. The van der Waals surface area contributed by atoms with Gasteiger partial charge in [0.25, 0.3) is 0 Å². The number of rotatable bonds is 8. The van der Waals surface area contributed by atoms with Crippen molar-refractivity contribution >= 4 is 35.9 Å². The molecule has 160 valence electrons. The Bertz CT molecular complexity index is 630. The molecule has 0 aromatic heterocycles. The van der Waals surface area contributed by atoms with E-state index < -0.39 is 17.7 Å². The largest absolute Gasteiger partial charge is 0.491 e. The molecule has 0 aliphatic rings. The van der Waals surface area contributed by atoms with Crippen molar-refractivity contribution < 1.29 is 19.4 Å². The van der Waals surface area contributed by atoms with Crippen LogP contribution in [-0.4, -0.2) is 48.4 Å². The van der Waals surface area contributed by atoms with Crippen molar-refractivity contribution in [3.8, 4) is 5.75 Å². The summed E-state index contributed by atoms with van der Waals surface area (Å²) in [5.41, 5.74) is 0.195. The highest BCUT2D eigenvalue weighted by atomic mass is 127. The molecule has 0 aliphatic heterocycles. The van der Waals surface area contributed by atoms with Crippen LogP contribution in [0.3, 0.4) is 0 Å². The van der Waals surface area contributed by atoms with E-state index in [1.165, 1.54) is 0 Å². The minimum atomic E-state index is -0.744. The van der Waals surface area contributed by atoms with Crippen molar-refractivity contribution in [1.82, 2.24) is 10.6 Å². The lowest BCUT2D eigenvalue weighted by Gasteiger charge is -2.19. The van der Waals surface area contributed by atoms with E-state index in [-0.39, 0.29) is 43.2 Å². The number of carbonyl (C=O) groups is 1. The molecule has 7 nitrogen and oxygen atoms in total. The first-order valence-electron chi connectivity index (χ1n) is 9.29. The lowest BCUT2D eigenvalue weighted by Crippen LogP contribution is -2.40. The van der Waals surface area contributed by atoms with Crippen LogP contribution in [0, 0.1) is 0 Å². The highest BCUT2D eigenvalue weighted by Gasteiger charge is 2.16. The van der Waals surface area contributed by atoms with Crippen molar-refractivity contribution in [2.24, 2.45) is 4.99 Å². The van der Waals surface area contributed by atoms with Crippen LogP contribution in [0.25, 0.3) is 0 Å². The van der Waals surface area contributed by atoms with Gasteiger partial charge in [-0.2, -0.15) is 0 Å². The first kappa shape index (κ1) is 26.4. The molecule has 1 unspecified atom stereocenters. The molecule has 28 heavy (non-hydrogen) atoms. The number of guanidine groups is 1. The minimum absolute atomic E-state index is 0. The minimum Gasteiger partial charge on any atom is -0.491 e. The molecule has 0 radical (unpaired) electrons. The monoisotopic (exact) mass is 507 g/mol. The Morgan fingerprint density at radius 2 is 1.93 bits per heavy atom. The summed E-state index contributed by atoms with van der Waals surface area (Å²) in [6.45, 7) is 12.0. The van der Waals surface area contributed by atoms with Crippen molar-refractivity contribution in [1.29, 1.82) is 0 Å². The van der Waals surface area contributed by atoms with Crippen LogP contribution in [0.15, 0.2) is 29.3 Å². The molecule has 0 spiro atoms. The van der Waals surface area contributed by atoms with Crippen LogP contribution >= 0.6 is 24.0 Å². The highest BCUT2D eigenvalue weighted by molar-refractivity contribution is 14.0. The number of nitrogens with zero attached hydrogens (tertiary/aromatic N) is 1. The van der Waals surface area contributed by atoms with Crippen LogP contribution in [0.5, 0.6) is 5.75 Å². The molecule has 0 saturated carbocycles. The van der Waals surface area contributed by atoms with E-state index in [0.717, 1.165) is 5.56 Å². The van der Waals surface area contributed by atoms with E-state index in [0.29, 0.717) is 18.3 Å². The lowest BCUT2D eigenvalue weighted by molar-refractivity contribution is -0.152. The second kappa shape index (κ2) is 12.8. The molecule has 0 aliphatic carbocycles. The third kappa shape index (κ3) is 11.3. The fourth-order valence-electron chi connectivity index (χ4n) is 2.24. The molecule has 0 fully saturated rings. The second-order valence-corrected chi connectivity index (χ2v) is 7.42. The van der Waals surface area contributed by atoms with E-state index in [1.54, 1.807) is 0 Å². The number of benzene rings is 1. The zero-order valence-electron chi connectivity index (χ0n) is 17.6. The highest BCUT2D eigenvalue weighted by Crippen LogP contribution is 2.19. The van der Waals surface area contributed by atoms with Gasteiger partial charge < -0.3 is 25.2 Å². The maximum absolute atomic E-state index is 11.8. The van der Waals surface area contributed by atoms with Crippen molar-refractivity contribution in [2.45, 2.75) is 59.4 Å². The fraction of sp³-hybridized carbons (Fsp3) is 0.600. The molecule has 1 atom stereocenters. The number of hydrogen-bond acceptors (Lipinski definition) is 5. The number of ether oxygens (including phenoxy) is 2. The zero-order chi connectivity index (χ0) is 20.4. The number of esters is 1. The van der Waals surface area contributed by atoms with Gasteiger partial charge >= 0.3 is 5.97 Å². The Morgan fingerprint density at radius 1 is 1.25 bits per heavy atom. The zero-order valence-corrected chi connectivity index (χ0v) is 19.9. The summed E-state index contributed by atoms with van der Waals surface area (Å²) in [7, 11) is 0. The Labute approximate surface area is 185 Å². The van der Waals surface area contributed by atoms with Gasteiger partial charge in [-0.1, -0.05) is 12.1 Å². The van der Waals surface area contributed by atoms with E-state index in [2.05, 4.69) is 15.6 Å². The maximum Gasteiger partial charge on any atom is 0.328 e. The third-order valence-electron chi connectivity index (χ3n) is 3.21. The van der Waals surface area contributed by atoms with Gasteiger partial charge in [-0.3, -0.25) is 4.79 Å². The number of aliphatic hydroxyl groups is 1. The number of aliphatic hydroxyl groups excluding tert-OH is 1. The number of carbonyl (C=O) groups excluding carboxylic acids is 1. The summed E-state index contributed by atoms with van der Waals surface area (Å²) >= 11 is 0. The van der Waals surface area contributed by atoms with Gasteiger partial charge in [0.05, 0.1) is 12.2 Å². The number of nitrogens with one attached hydrogen (secondary N) is 2. The van der Waals surface area contributed by atoms with Crippen molar-refractivity contribution in [2.75, 3.05) is 19.6 Å². The van der Waals surface area contributed by atoms with Crippen LogP contribution in [-0.2, 0) is 9.53 Å². The Morgan fingerprint density at radius 3 is 2.50 bits per heavy atom. The molecule has 3 N–H and O–H groups in total. The summed E-state index contributed by atoms with van der Waals surface area (Å²) in [6.07, 6.45) is -0.679. The summed E-state index contributed by atoms with van der Waals surface area (Å²) in [4.78, 5) is 16.0. The molecule has 0 bridgehead atoms. The second-order valence-electron chi connectivity index (χ2n) is 7.42. The standard InChI is InChI=1S/C20H33N3O4.HI/c1-7-21-19(23-13-18(25)27-20(4,5)6)22-12-17(24)15-9-8-10-16(11-15)26-14(2)3;/h8-11,14,17,24H,7,12-13H2,1-6H3,(H2,21,22,23);1H. The van der Waals surface area contributed by atoms with Crippen LogP contribution < -0.4 is 15.4 Å². The van der Waals surface area contributed by atoms with Gasteiger partial charge in [0.2, 0.25) is 0 Å². The average Bonchev–Trinajstić information content (AvgIpc) is 2.55. The smallest absolute Gasteiger partial charge is 0.328 e.